The van der Waals surface area contributed by atoms with Crippen molar-refractivity contribution >= 4 is 21.8 Å². The maximum Gasteiger partial charge on any atom is 0.254 e. The maximum absolute atomic E-state index is 12.8. The lowest BCUT2D eigenvalue weighted by Crippen LogP contribution is -2.41. The van der Waals surface area contributed by atoms with Crippen molar-refractivity contribution in [1.82, 2.24) is 9.88 Å². The van der Waals surface area contributed by atoms with Gasteiger partial charge in [0.15, 0.2) is 0 Å². The van der Waals surface area contributed by atoms with E-state index >= 15 is 0 Å². The fourth-order valence-electron chi connectivity index (χ4n) is 3.03. The predicted molar refractivity (Wildman–Crippen MR) is 97.2 cm³/mol. The van der Waals surface area contributed by atoms with Crippen LogP contribution in [0.2, 0.25) is 0 Å². The monoisotopic (exact) mass is 388 g/mol. The van der Waals surface area contributed by atoms with Crippen LogP contribution in [0.4, 0.5) is 0 Å². The van der Waals surface area contributed by atoms with Crippen LogP contribution >= 0.6 is 15.9 Å². The highest BCUT2D eigenvalue weighted by Gasteiger charge is 2.25. The van der Waals surface area contributed by atoms with E-state index in [1.807, 2.05) is 42.2 Å². The van der Waals surface area contributed by atoms with Gasteiger partial charge in [0.05, 0.1) is 6.61 Å². The van der Waals surface area contributed by atoms with Gasteiger partial charge in [-0.05, 0) is 49.6 Å². The first-order valence-corrected chi connectivity index (χ1v) is 9.01. The fourth-order valence-corrected chi connectivity index (χ4v) is 3.39. The van der Waals surface area contributed by atoms with Crippen LogP contribution in [0.25, 0.3) is 0 Å². The number of likely N-dealkylation sites (tertiary alicyclic amines) is 1. The molecular weight excluding hydrogens is 368 g/mol. The molecule has 1 fully saturated rings. The number of nitrogens with zero attached hydrogens (tertiary/aromatic N) is 2. The average Bonchev–Trinajstić information content (AvgIpc) is 2.62. The van der Waals surface area contributed by atoms with E-state index in [1.165, 1.54) is 0 Å². The van der Waals surface area contributed by atoms with Crippen LogP contribution in [0, 0.1) is 12.8 Å². The summed E-state index contributed by atoms with van der Waals surface area (Å²) >= 11 is 3.46. The number of amides is 1. The minimum Gasteiger partial charge on any atom is -0.493 e. The number of hydrogen-bond acceptors (Lipinski definition) is 3. The van der Waals surface area contributed by atoms with Crippen LogP contribution in [0.5, 0.6) is 5.75 Å². The summed E-state index contributed by atoms with van der Waals surface area (Å²) in [5, 5.41) is 0. The normalized spacial score (nSPS) is 17.6. The molecule has 0 aliphatic carbocycles. The molecule has 126 valence electrons. The van der Waals surface area contributed by atoms with Gasteiger partial charge in [-0.1, -0.05) is 22.0 Å². The Labute approximate surface area is 151 Å². The summed E-state index contributed by atoms with van der Waals surface area (Å²) in [5.74, 6) is 1.31. The van der Waals surface area contributed by atoms with Crippen molar-refractivity contribution in [3.8, 4) is 5.75 Å². The molecule has 2 heterocycles. The smallest absolute Gasteiger partial charge is 0.254 e. The molecule has 2 aromatic rings. The number of carbonyl (C=O) groups is 1. The van der Waals surface area contributed by atoms with E-state index in [4.69, 9.17) is 4.74 Å². The number of ether oxygens (including phenoxy) is 1. The molecule has 1 unspecified atom stereocenters. The molecule has 0 saturated carbocycles. The average molecular weight is 389 g/mol. The summed E-state index contributed by atoms with van der Waals surface area (Å²) in [4.78, 5) is 18.8. The number of aryl methyl sites for hydroxylation is 1. The SMILES string of the molecule is Cc1ccc(Br)cc1C(=O)N1CCCC(COc2ccncc2)C1. The Balaban J connectivity index is 1.62. The summed E-state index contributed by atoms with van der Waals surface area (Å²) in [5.41, 5.74) is 1.79. The Kier molecular flexibility index (Phi) is 5.51. The largest absolute Gasteiger partial charge is 0.493 e. The second-order valence-corrected chi connectivity index (χ2v) is 7.13. The van der Waals surface area contributed by atoms with Crippen LogP contribution in [0.3, 0.4) is 0 Å². The van der Waals surface area contributed by atoms with E-state index in [-0.39, 0.29) is 5.91 Å². The van der Waals surface area contributed by atoms with E-state index in [1.54, 1.807) is 12.4 Å². The van der Waals surface area contributed by atoms with Gasteiger partial charge in [0, 0.05) is 41.4 Å². The lowest BCUT2D eigenvalue weighted by atomic mass is 9.97. The van der Waals surface area contributed by atoms with Gasteiger partial charge in [0.1, 0.15) is 5.75 Å². The number of piperidine rings is 1. The second kappa shape index (κ2) is 7.79. The Hall–Kier alpha value is -1.88. The zero-order valence-electron chi connectivity index (χ0n) is 13.7. The lowest BCUT2D eigenvalue weighted by Gasteiger charge is -2.33. The molecule has 1 aromatic carbocycles. The molecule has 0 bridgehead atoms. The number of aromatic nitrogens is 1. The quantitative estimate of drug-likeness (QED) is 0.791. The molecule has 24 heavy (non-hydrogen) atoms. The van der Waals surface area contributed by atoms with Crippen molar-refractivity contribution in [2.24, 2.45) is 5.92 Å². The highest BCUT2D eigenvalue weighted by Crippen LogP contribution is 2.23. The van der Waals surface area contributed by atoms with Crippen molar-refractivity contribution < 1.29 is 9.53 Å². The molecule has 1 aliphatic rings. The lowest BCUT2D eigenvalue weighted by molar-refractivity contribution is 0.0632. The van der Waals surface area contributed by atoms with Gasteiger partial charge in [-0.15, -0.1) is 0 Å². The van der Waals surface area contributed by atoms with Crippen LogP contribution in [0.15, 0.2) is 47.2 Å². The minimum absolute atomic E-state index is 0.113. The van der Waals surface area contributed by atoms with Crippen molar-refractivity contribution in [3.63, 3.8) is 0 Å². The first kappa shape index (κ1) is 17.0. The molecule has 3 rings (SSSR count). The van der Waals surface area contributed by atoms with Crippen LogP contribution in [-0.2, 0) is 0 Å². The topological polar surface area (TPSA) is 42.4 Å². The Morgan fingerprint density at radius 3 is 2.92 bits per heavy atom. The summed E-state index contributed by atoms with van der Waals surface area (Å²) in [7, 11) is 0. The van der Waals surface area contributed by atoms with Gasteiger partial charge < -0.3 is 9.64 Å². The minimum atomic E-state index is 0.113. The number of pyridine rings is 1. The van der Waals surface area contributed by atoms with Gasteiger partial charge >= 0.3 is 0 Å². The number of hydrogen-bond donors (Lipinski definition) is 0. The number of benzene rings is 1. The Morgan fingerprint density at radius 2 is 2.12 bits per heavy atom. The van der Waals surface area contributed by atoms with Crippen LogP contribution in [0.1, 0.15) is 28.8 Å². The van der Waals surface area contributed by atoms with Gasteiger partial charge in [-0.2, -0.15) is 0 Å². The molecule has 1 atom stereocenters. The maximum atomic E-state index is 12.8. The number of rotatable bonds is 4. The van der Waals surface area contributed by atoms with Gasteiger partial charge in [0.25, 0.3) is 5.91 Å². The van der Waals surface area contributed by atoms with Crippen LogP contribution in [-0.4, -0.2) is 35.5 Å². The summed E-state index contributed by atoms with van der Waals surface area (Å²) in [6.07, 6.45) is 5.56. The van der Waals surface area contributed by atoms with E-state index in [9.17, 15) is 4.79 Å². The number of carbonyl (C=O) groups excluding carboxylic acids is 1. The zero-order valence-corrected chi connectivity index (χ0v) is 15.3. The first-order valence-electron chi connectivity index (χ1n) is 8.22. The highest BCUT2D eigenvalue weighted by atomic mass is 79.9. The van der Waals surface area contributed by atoms with E-state index in [0.29, 0.717) is 12.5 Å². The molecule has 1 aliphatic heterocycles. The third-order valence-corrected chi connectivity index (χ3v) is 4.86. The molecule has 5 heteroatoms. The van der Waals surface area contributed by atoms with Crippen LogP contribution < -0.4 is 4.74 Å². The van der Waals surface area contributed by atoms with Crippen molar-refractivity contribution in [1.29, 1.82) is 0 Å². The van der Waals surface area contributed by atoms with E-state index < -0.39 is 0 Å². The van der Waals surface area contributed by atoms with Crippen molar-refractivity contribution in [3.05, 3.63) is 58.3 Å². The Morgan fingerprint density at radius 1 is 1.33 bits per heavy atom. The first-order chi connectivity index (χ1) is 11.6. The summed E-state index contributed by atoms with van der Waals surface area (Å²) in [6.45, 7) is 4.17. The fraction of sp³-hybridized carbons (Fsp3) is 0.368. The standard InChI is InChI=1S/C19H21BrN2O2/c1-14-4-5-16(20)11-18(14)19(23)22-10-2-3-15(12-22)13-24-17-6-8-21-9-7-17/h4-9,11,15H,2-3,10,12-13H2,1H3. The van der Waals surface area contributed by atoms with E-state index in [2.05, 4.69) is 20.9 Å². The molecule has 4 nitrogen and oxygen atoms in total. The van der Waals surface area contributed by atoms with Crippen molar-refractivity contribution in [2.75, 3.05) is 19.7 Å². The van der Waals surface area contributed by atoms with Gasteiger partial charge in [-0.25, -0.2) is 0 Å². The van der Waals surface area contributed by atoms with Gasteiger partial charge in [-0.3, -0.25) is 9.78 Å². The molecule has 0 spiro atoms. The third kappa shape index (κ3) is 4.15. The highest BCUT2D eigenvalue weighted by molar-refractivity contribution is 9.10. The summed E-state index contributed by atoms with van der Waals surface area (Å²) in [6, 6.07) is 9.57. The predicted octanol–water partition coefficient (Wildman–Crippen LogP) is 4.08. The summed E-state index contributed by atoms with van der Waals surface area (Å²) < 4.78 is 6.77. The molecule has 0 radical (unpaired) electrons. The molecule has 1 aromatic heterocycles. The zero-order chi connectivity index (χ0) is 16.9. The molecular formula is C19H21BrN2O2. The second-order valence-electron chi connectivity index (χ2n) is 6.21. The molecule has 1 amide bonds. The van der Waals surface area contributed by atoms with Crippen molar-refractivity contribution in [2.45, 2.75) is 19.8 Å². The van der Waals surface area contributed by atoms with E-state index in [0.717, 1.165) is 47.3 Å². The number of halogens is 1. The molecule has 0 N–H and O–H groups in total. The van der Waals surface area contributed by atoms with Gasteiger partial charge in [0.2, 0.25) is 0 Å². The molecule has 1 saturated heterocycles. The Bertz CT molecular complexity index is 706. The third-order valence-electron chi connectivity index (χ3n) is 4.37.